The van der Waals surface area contributed by atoms with E-state index in [1.54, 1.807) is 0 Å². The molecule has 0 aromatic heterocycles. The van der Waals surface area contributed by atoms with Gasteiger partial charge in [-0.05, 0) is 68.2 Å². The Hall–Kier alpha value is -2.42. The zero-order chi connectivity index (χ0) is 15.1. The van der Waals surface area contributed by atoms with Gasteiger partial charge >= 0.3 is 0 Å². The van der Waals surface area contributed by atoms with Gasteiger partial charge in [-0.25, -0.2) is 0 Å². The molecule has 108 valence electrons. The summed E-state index contributed by atoms with van der Waals surface area (Å²) in [6.07, 6.45) is 0. The van der Waals surface area contributed by atoms with Gasteiger partial charge in [-0.15, -0.1) is 0 Å². The maximum atomic E-state index is 6.05. The number of nitrogens with two attached hydrogens (primary N) is 2. The summed E-state index contributed by atoms with van der Waals surface area (Å²) in [4.78, 5) is 0. The lowest BCUT2D eigenvalue weighted by Gasteiger charge is -2.11. The Morgan fingerprint density at radius 1 is 0.636 bits per heavy atom. The molecular weight excluding hydrogens is 268 g/mol. The Balaban J connectivity index is 1.99. The third kappa shape index (κ3) is 2.13. The Labute approximate surface area is 129 Å². The van der Waals surface area contributed by atoms with Crippen molar-refractivity contribution < 1.29 is 0 Å². The molecule has 4 aromatic carbocycles. The highest BCUT2D eigenvalue weighted by Crippen LogP contribution is 2.28. The second-order valence-corrected chi connectivity index (χ2v) is 5.85. The monoisotopic (exact) mass is 286 g/mol. The van der Waals surface area contributed by atoms with Crippen LogP contribution in [-0.4, -0.2) is 6.54 Å². The molecule has 0 bridgehead atoms. The third-order valence-electron chi connectivity index (χ3n) is 4.37. The molecule has 22 heavy (non-hydrogen) atoms. The SMILES string of the molecule is NCC(N)c1ccc2cc3cc4ccccc4cc3cc2c1. The van der Waals surface area contributed by atoms with Crippen LogP contribution in [0.15, 0.2) is 66.7 Å². The Morgan fingerprint density at radius 2 is 1.14 bits per heavy atom. The minimum Gasteiger partial charge on any atom is -0.329 e. The summed E-state index contributed by atoms with van der Waals surface area (Å²) in [5.74, 6) is 0. The van der Waals surface area contributed by atoms with E-state index in [2.05, 4.69) is 66.7 Å². The van der Waals surface area contributed by atoms with E-state index < -0.39 is 0 Å². The molecule has 0 heterocycles. The van der Waals surface area contributed by atoms with Crippen molar-refractivity contribution in [2.24, 2.45) is 11.5 Å². The molecule has 1 unspecified atom stereocenters. The van der Waals surface area contributed by atoms with Crippen molar-refractivity contribution in [3.8, 4) is 0 Å². The van der Waals surface area contributed by atoms with Crippen LogP contribution in [0.4, 0.5) is 0 Å². The molecule has 0 saturated heterocycles. The zero-order valence-electron chi connectivity index (χ0n) is 12.3. The van der Waals surface area contributed by atoms with Crippen LogP contribution in [0.5, 0.6) is 0 Å². The van der Waals surface area contributed by atoms with Crippen molar-refractivity contribution in [2.75, 3.05) is 6.54 Å². The highest BCUT2D eigenvalue weighted by Gasteiger charge is 2.06. The first-order valence-electron chi connectivity index (χ1n) is 7.56. The molecule has 0 radical (unpaired) electrons. The van der Waals surface area contributed by atoms with Crippen LogP contribution in [0.3, 0.4) is 0 Å². The summed E-state index contributed by atoms with van der Waals surface area (Å²) in [5.41, 5.74) is 12.8. The van der Waals surface area contributed by atoms with Gasteiger partial charge in [0.2, 0.25) is 0 Å². The third-order valence-corrected chi connectivity index (χ3v) is 4.37. The van der Waals surface area contributed by atoms with Crippen molar-refractivity contribution in [1.82, 2.24) is 0 Å². The molecule has 0 aliphatic rings. The maximum absolute atomic E-state index is 6.05. The van der Waals surface area contributed by atoms with Crippen LogP contribution in [0.1, 0.15) is 11.6 Å². The minimum absolute atomic E-state index is 0.100. The van der Waals surface area contributed by atoms with Gasteiger partial charge in [-0.1, -0.05) is 36.4 Å². The first-order chi connectivity index (χ1) is 10.7. The maximum Gasteiger partial charge on any atom is 0.0419 e. The molecule has 4 aromatic rings. The summed E-state index contributed by atoms with van der Waals surface area (Å²) in [6, 6.07) is 23.7. The standard InChI is InChI=1S/C20H18N2/c21-12-20(22)16-6-5-15-9-18-7-13-3-1-2-4-14(13)8-19(18)11-17(15)10-16/h1-11,20H,12,21-22H2. The van der Waals surface area contributed by atoms with Crippen molar-refractivity contribution in [1.29, 1.82) is 0 Å². The lowest BCUT2D eigenvalue weighted by Crippen LogP contribution is -2.20. The van der Waals surface area contributed by atoms with Crippen molar-refractivity contribution >= 4 is 32.3 Å². The molecular formula is C20H18N2. The van der Waals surface area contributed by atoms with E-state index in [1.165, 1.54) is 32.3 Å². The predicted octanol–water partition coefficient (Wildman–Crippen LogP) is 4.10. The van der Waals surface area contributed by atoms with E-state index >= 15 is 0 Å². The van der Waals surface area contributed by atoms with Crippen molar-refractivity contribution in [2.45, 2.75) is 6.04 Å². The van der Waals surface area contributed by atoms with Crippen LogP contribution in [0.25, 0.3) is 32.3 Å². The molecule has 2 nitrogen and oxygen atoms in total. The average Bonchev–Trinajstić information content (AvgIpc) is 2.56. The van der Waals surface area contributed by atoms with Crippen molar-refractivity contribution in [3.63, 3.8) is 0 Å². The molecule has 0 fully saturated rings. The number of rotatable bonds is 2. The summed E-state index contributed by atoms with van der Waals surface area (Å²) in [5, 5.41) is 7.51. The predicted molar refractivity (Wildman–Crippen MR) is 94.9 cm³/mol. The lowest BCUT2D eigenvalue weighted by molar-refractivity contribution is 0.738. The van der Waals surface area contributed by atoms with E-state index in [-0.39, 0.29) is 6.04 Å². The highest BCUT2D eigenvalue weighted by atomic mass is 14.7. The molecule has 1 atom stereocenters. The number of hydrogen-bond donors (Lipinski definition) is 2. The number of hydrogen-bond acceptors (Lipinski definition) is 2. The quantitative estimate of drug-likeness (QED) is 0.545. The molecule has 0 aliphatic carbocycles. The van der Waals surface area contributed by atoms with Crippen LogP contribution in [-0.2, 0) is 0 Å². The van der Waals surface area contributed by atoms with Gasteiger partial charge in [0, 0.05) is 12.6 Å². The molecule has 0 amide bonds. The molecule has 4 N–H and O–H groups in total. The summed E-state index contributed by atoms with van der Waals surface area (Å²) < 4.78 is 0. The smallest absolute Gasteiger partial charge is 0.0419 e. The summed E-state index contributed by atoms with van der Waals surface area (Å²) in [6.45, 7) is 0.462. The van der Waals surface area contributed by atoms with Gasteiger partial charge in [0.1, 0.15) is 0 Å². The summed E-state index contributed by atoms with van der Waals surface area (Å²) >= 11 is 0. The van der Waals surface area contributed by atoms with E-state index in [1.807, 2.05) is 0 Å². The molecule has 0 saturated carbocycles. The number of benzene rings is 4. The lowest BCUT2D eigenvalue weighted by atomic mass is 9.97. The normalized spacial score (nSPS) is 13.0. The fourth-order valence-electron chi connectivity index (χ4n) is 3.08. The van der Waals surface area contributed by atoms with Crippen LogP contribution >= 0.6 is 0 Å². The van der Waals surface area contributed by atoms with Crippen LogP contribution < -0.4 is 11.5 Å². The Bertz CT molecular complexity index is 989. The highest BCUT2D eigenvalue weighted by molar-refractivity contribution is 6.04. The Kier molecular flexibility index (Phi) is 3.07. The second-order valence-electron chi connectivity index (χ2n) is 5.85. The van der Waals surface area contributed by atoms with Gasteiger partial charge in [-0.2, -0.15) is 0 Å². The van der Waals surface area contributed by atoms with Gasteiger partial charge < -0.3 is 11.5 Å². The van der Waals surface area contributed by atoms with Gasteiger partial charge in [0.15, 0.2) is 0 Å². The van der Waals surface area contributed by atoms with E-state index in [9.17, 15) is 0 Å². The van der Waals surface area contributed by atoms with E-state index in [4.69, 9.17) is 11.5 Å². The van der Waals surface area contributed by atoms with Gasteiger partial charge in [0.25, 0.3) is 0 Å². The first-order valence-corrected chi connectivity index (χ1v) is 7.56. The fourth-order valence-corrected chi connectivity index (χ4v) is 3.08. The topological polar surface area (TPSA) is 52.0 Å². The molecule has 0 aliphatic heterocycles. The zero-order valence-corrected chi connectivity index (χ0v) is 12.3. The molecule has 0 spiro atoms. The average molecular weight is 286 g/mol. The molecule has 4 rings (SSSR count). The van der Waals surface area contributed by atoms with Crippen LogP contribution in [0.2, 0.25) is 0 Å². The van der Waals surface area contributed by atoms with E-state index in [0.717, 1.165) is 5.56 Å². The number of fused-ring (bicyclic) bond motifs is 3. The van der Waals surface area contributed by atoms with E-state index in [0.29, 0.717) is 6.54 Å². The first kappa shape index (κ1) is 13.3. The van der Waals surface area contributed by atoms with Gasteiger partial charge in [-0.3, -0.25) is 0 Å². The second kappa shape index (κ2) is 5.09. The van der Waals surface area contributed by atoms with Crippen LogP contribution in [0, 0.1) is 0 Å². The fraction of sp³-hybridized carbons (Fsp3) is 0.100. The Morgan fingerprint density at radius 3 is 1.73 bits per heavy atom. The minimum atomic E-state index is -0.100. The summed E-state index contributed by atoms with van der Waals surface area (Å²) in [7, 11) is 0. The van der Waals surface area contributed by atoms with Crippen molar-refractivity contribution in [3.05, 3.63) is 72.3 Å². The largest absolute Gasteiger partial charge is 0.329 e. The van der Waals surface area contributed by atoms with Gasteiger partial charge in [0.05, 0.1) is 0 Å². The molecule has 2 heteroatoms.